The number of carbonyl (C=O) groups excluding carboxylic acids is 3. The average molecular weight is 501 g/mol. The van der Waals surface area contributed by atoms with E-state index in [0.717, 1.165) is 5.56 Å². The highest BCUT2D eigenvalue weighted by Gasteiger charge is 2.31. The highest BCUT2D eigenvalue weighted by Crippen LogP contribution is 2.30. The number of rotatable bonds is 9. The second-order valence-electron chi connectivity index (χ2n) is 8.28. The fourth-order valence-corrected chi connectivity index (χ4v) is 3.73. The number of cyclic esters (lactones) is 1. The van der Waals surface area contributed by atoms with Crippen molar-refractivity contribution in [3.8, 4) is 11.5 Å². The Labute approximate surface area is 210 Å². The van der Waals surface area contributed by atoms with Crippen LogP contribution >= 0.6 is 0 Å². The van der Waals surface area contributed by atoms with Crippen molar-refractivity contribution in [2.75, 3.05) is 33.5 Å². The van der Waals surface area contributed by atoms with Crippen LogP contribution in [-0.2, 0) is 30.2 Å². The molecule has 36 heavy (non-hydrogen) atoms. The Morgan fingerprint density at radius 1 is 1.19 bits per heavy atom. The van der Waals surface area contributed by atoms with E-state index in [2.05, 4.69) is 10.3 Å². The van der Waals surface area contributed by atoms with Crippen LogP contribution in [0.4, 0.5) is 0 Å². The molecule has 3 atom stereocenters. The molecule has 0 saturated carbocycles. The zero-order valence-corrected chi connectivity index (χ0v) is 20.7. The molecule has 0 unspecified atom stereocenters. The predicted molar refractivity (Wildman–Crippen MR) is 129 cm³/mol. The quantitative estimate of drug-likeness (QED) is 0.517. The summed E-state index contributed by atoms with van der Waals surface area (Å²) in [6.45, 7) is 4.24. The van der Waals surface area contributed by atoms with Gasteiger partial charge in [0.2, 0.25) is 5.75 Å². The average Bonchev–Trinajstić information content (AvgIpc) is 2.94. The molecule has 1 saturated heterocycles. The SMILES string of the molecule is CCOCC(=O)Oc1c(OC)ccnc1C(=O)N[C@H]1CCOC[C@@H](Cc2ccccc2)[C@H](C)OC1=O. The van der Waals surface area contributed by atoms with Crippen LogP contribution in [0.3, 0.4) is 0 Å². The molecule has 0 spiro atoms. The van der Waals surface area contributed by atoms with E-state index in [9.17, 15) is 14.4 Å². The molecular weight excluding hydrogens is 468 g/mol. The van der Waals surface area contributed by atoms with Crippen molar-refractivity contribution in [1.29, 1.82) is 0 Å². The Bertz CT molecular complexity index is 1030. The molecule has 1 amide bonds. The van der Waals surface area contributed by atoms with E-state index in [1.54, 1.807) is 6.92 Å². The fourth-order valence-electron chi connectivity index (χ4n) is 3.73. The summed E-state index contributed by atoms with van der Waals surface area (Å²) in [5, 5.41) is 2.64. The summed E-state index contributed by atoms with van der Waals surface area (Å²) in [5.74, 6) is -2.07. The van der Waals surface area contributed by atoms with Crippen LogP contribution < -0.4 is 14.8 Å². The topological polar surface area (TPSA) is 122 Å². The Morgan fingerprint density at radius 2 is 1.97 bits per heavy atom. The van der Waals surface area contributed by atoms with Crippen LogP contribution in [0.1, 0.15) is 36.3 Å². The summed E-state index contributed by atoms with van der Waals surface area (Å²) >= 11 is 0. The van der Waals surface area contributed by atoms with Gasteiger partial charge in [0.05, 0.1) is 13.7 Å². The molecule has 1 aliphatic heterocycles. The number of nitrogens with zero attached hydrogens (tertiary/aromatic N) is 1. The van der Waals surface area contributed by atoms with E-state index >= 15 is 0 Å². The lowest BCUT2D eigenvalue weighted by molar-refractivity contribution is -0.153. The molecule has 0 bridgehead atoms. The smallest absolute Gasteiger partial charge is 0.337 e. The molecule has 1 aromatic carbocycles. The number of carbonyl (C=O) groups is 3. The number of hydrogen-bond acceptors (Lipinski definition) is 9. The second kappa shape index (κ2) is 13.6. The first-order valence-electron chi connectivity index (χ1n) is 11.9. The summed E-state index contributed by atoms with van der Waals surface area (Å²) in [7, 11) is 1.37. The Hall–Kier alpha value is -3.50. The number of methoxy groups -OCH3 is 1. The van der Waals surface area contributed by atoms with Crippen molar-refractivity contribution < 1.29 is 38.1 Å². The maximum Gasteiger partial charge on any atom is 0.337 e. The lowest BCUT2D eigenvalue weighted by Crippen LogP contribution is -2.44. The molecule has 194 valence electrons. The van der Waals surface area contributed by atoms with Crippen molar-refractivity contribution in [1.82, 2.24) is 10.3 Å². The van der Waals surface area contributed by atoms with Crippen molar-refractivity contribution in [2.24, 2.45) is 5.92 Å². The molecule has 1 N–H and O–H groups in total. The standard InChI is InChI=1S/C26H32N2O8/c1-4-33-16-22(29)36-24-21(32-3)10-12-27-23(24)25(30)28-20-11-13-34-15-19(17(2)35-26(20)31)14-18-8-6-5-7-9-18/h5-10,12,17,19-20H,4,11,13-16H2,1-3H3,(H,28,30)/t17-,19+,20-/m0/s1. The van der Waals surface area contributed by atoms with Gasteiger partial charge in [0.25, 0.3) is 5.91 Å². The van der Waals surface area contributed by atoms with Crippen molar-refractivity contribution in [3.05, 3.63) is 53.9 Å². The number of aromatic nitrogens is 1. The van der Waals surface area contributed by atoms with Gasteiger partial charge < -0.3 is 29.0 Å². The first kappa shape index (κ1) is 27.1. The Balaban J connectivity index is 1.71. The normalized spacial score (nSPS) is 20.3. The highest BCUT2D eigenvalue weighted by molar-refractivity contribution is 5.98. The first-order valence-corrected chi connectivity index (χ1v) is 11.9. The van der Waals surface area contributed by atoms with Gasteiger partial charge in [0.1, 0.15) is 18.8 Å². The predicted octanol–water partition coefficient (Wildman–Crippen LogP) is 2.34. The molecular formula is C26H32N2O8. The van der Waals surface area contributed by atoms with Crippen LogP contribution in [0.5, 0.6) is 11.5 Å². The minimum absolute atomic E-state index is 0.0396. The van der Waals surface area contributed by atoms with E-state index < -0.39 is 30.0 Å². The molecule has 10 heteroatoms. The van der Waals surface area contributed by atoms with Gasteiger partial charge in [-0.05, 0) is 25.8 Å². The molecule has 1 aliphatic rings. The highest BCUT2D eigenvalue weighted by atomic mass is 16.6. The van der Waals surface area contributed by atoms with E-state index in [4.69, 9.17) is 23.7 Å². The lowest BCUT2D eigenvalue weighted by Gasteiger charge is -2.24. The minimum atomic E-state index is -0.976. The van der Waals surface area contributed by atoms with Crippen LogP contribution in [-0.4, -0.2) is 68.5 Å². The van der Waals surface area contributed by atoms with Crippen LogP contribution in [0.2, 0.25) is 0 Å². The molecule has 2 aromatic rings. The Kier molecular flexibility index (Phi) is 10.2. The molecule has 0 aliphatic carbocycles. The van der Waals surface area contributed by atoms with Gasteiger partial charge >= 0.3 is 11.9 Å². The third kappa shape index (κ3) is 7.50. The van der Waals surface area contributed by atoms with E-state index in [1.807, 2.05) is 37.3 Å². The molecule has 10 nitrogen and oxygen atoms in total. The zero-order valence-electron chi connectivity index (χ0n) is 20.7. The minimum Gasteiger partial charge on any atom is -0.493 e. The van der Waals surface area contributed by atoms with Gasteiger partial charge in [-0.1, -0.05) is 30.3 Å². The van der Waals surface area contributed by atoms with Gasteiger partial charge in [0.15, 0.2) is 11.4 Å². The van der Waals surface area contributed by atoms with Gasteiger partial charge in [-0.2, -0.15) is 0 Å². The number of esters is 2. The van der Waals surface area contributed by atoms with Crippen molar-refractivity contribution >= 4 is 17.8 Å². The monoisotopic (exact) mass is 500 g/mol. The van der Waals surface area contributed by atoms with E-state index in [0.29, 0.717) is 19.6 Å². The van der Waals surface area contributed by atoms with Crippen molar-refractivity contribution in [3.63, 3.8) is 0 Å². The molecule has 2 heterocycles. The number of pyridine rings is 1. The van der Waals surface area contributed by atoms with E-state index in [1.165, 1.54) is 19.4 Å². The number of ether oxygens (including phenoxy) is 5. The maximum absolute atomic E-state index is 13.1. The van der Waals surface area contributed by atoms with Gasteiger partial charge in [-0.15, -0.1) is 0 Å². The molecule has 1 fully saturated rings. The van der Waals surface area contributed by atoms with E-state index in [-0.39, 0.29) is 42.7 Å². The van der Waals surface area contributed by atoms with Crippen LogP contribution in [0.15, 0.2) is 42.6 Å². The van der Waals surface area contributed by atoms with Gasteiger partial charge in [-0.3, -0.25) is 4.79 Å². The third-order valence-corrected chi connectivity index (χ3v) is 5.72. The van der Waals surface area contributed by atoms with Crippen LogP contribution in [0, 0.1) is 5.92 Å². The number of nitrogens with one attached hydrogen (secondary N) is 1. The largest absolute Gasteiger partial charge is 0.493 e. The summed E-state index contributed by atoms with van der Waals surface area (Å²) in [6, 6.07) is 10.4. The van der Waals surface area contributed by atoms with Crippen LogP contribution in [0.25, 0.3) is 0 Å². The fraction of sp³-hybridized carbons (Fsp3) is 0.462. The zero-order chi connectivity index (χ0) is 25.9. The van der Waals surface area contributed by atoms with Gasteiger partial charge in [0, 0.05) is 37.8 Å². The summed E-state index contributed by atoms with van der Waals surface area (Å²) in [5.41, 5.74) is 0.913. The van der Waals surface area contributed by atoms with Gasteiger partial charge in [-0.25, -0.2) is 14.6 Å². The number of benzene rings is 1. The second-order valence-corrected chi connectivity index (χ2v) is 8.28. The molecule has 1 aromatic heterocycles. The summed E-state index contributed by atoms with van der Waals surface area (Å²) in [4.78, 5) is 42.2. The Morgan fingerprint density at radius 3 is 2.69 bits per heavy atom. The third-order valence-electron chi connectivity index (χ3n) is 5.72. The summed E-state index contributed by atoms with van der Waals surface area (Å²) in [6.07, 6.45) is 1.81. The molecule has 3 rings (SSSR count). The van der Waals surface area contributed by atoms with Crippen molar-refractivity contribution in [2.45, 2.75) is 38.8 Å². The summed E-state index contributed by atoms with van der Waals surface area (Å²) < 4.78 is 27.1. The first-order chi connectivity index (χ1) is 17.4. The maximum atomic E-state index is 13.1. The lowest BCUT2D eigenvalue weighted by atomic mass is 9.95. The molecule has 0 radical (unpaired) electrons. The number of amides is 1. The number of hydrogen-bond donors (Lipinski definition) is 1.